The van der Waals surface area contributed by atoms with Crippen molar-refractivity contribution in [2.45, 2.75) is 25.4 Å². The molecule has 1 aliphatic heterocycles. The molecule has 0 radical (unpaired) electrons. The number of aromatic nitrogens is 4. The molecule has 0 saturated carbocycles. The summed E-state index contributed by atoms with van der Waals surface area (Å²) in [6, 6.07) is 6.84. The Morgan fingerprint density at radius 3 is 2.76 bits per heavy atom. The Morgan fingerprint density at radius 2 is 2.03 bits per heavy atom. The predicted octanol–water partition coefficient (Wildman–Crippen LogP) is 4.12. The van der Waals surface area contributed by atoms with Crippen LogP contribution in [0.2, 0.25) is 0 Å². The van der Waals surface area contributed by atoms with Crippen LogP contribution in [0.25, 0.3) is 11.3 Å². The molecule has 0 spiro atoms. The van der Waals surface area contributed by atoms with E-state index in [2.05, 4.69) is 31.2 Å². The van der Waals surface area contributed by atoms with Crippen LogP contribution in [-0.4, -0.2) is 39.6 Å². The van der Waals surface area contributed by atoms with Crippen molar-refractivity contribution >= 4 is 11.6 Å². The number of nitrogens with zero attached hydrogens (tertiary/aromatic N) is 4. The van der Waals surface area contributed by atoms with Crippen molar-refractivity contribution in [2.24, 2.45) is 7.05 Å². The predicted molar refractivity (Wildman–Crippen MR) is 103 cm³/mol. The number of hydrogen-bond acceptors (Lipinski definition) is 6. The standard InChI is InChI=1S/C20H21F2N5O2/c1-27-12-15(11-24-27)17-8-14(13-3-6-28-7-4-13)9-19(25-17)26-18-10-16(2-5-23-18)29-20(21)22/h2,5,8-13,20H,3-4,6-7H2,1H3,(H,23,25,26). The van der Waals surface area contributed by atoms with Crippen molar-refractivity contribution < 1.29 is 18.3 Å². The van der Waals surface area contributed by atoms with Gasteiger partial charge in [0.1, 0.15) is 17.4 Å². The van der Waals surface area contributed by atoms with Crippen LogP contribution in [0.1, 0.15) is 24.3 Å². The SMILES string of the molecule is Cn1cc(-c2cc(C3CCOCC3)cc(Nc3cc(OC(F)F)ccn3)n2)cn1. The van der Waals surface area contributed by atoms with Gasteiger partial charge in [0, 0.05) is 44.3 Å². The Bertz CT molecular complexity index is 973. The van der Waals surface area contributed by atoms with Crippen LogP contribution >= 0.6 is 0 Å². The number of anilines is 2. The zero-order valence-corrected chi connectivity index (χ0v) is 15.9. The number of hydrogen-bond donors (Lipinski definition) is 1. The van der Waals surface area contributed by atoms with Gasteiger partial charge in [-0.05, 0) is 42.5 Å². The molecular formula is C20H21F2N5O2. The van der Waals surface area contributed by atoms with Gasteiger partial charge in [-0.1, -0.05) is 0 Å². The molecule has 152 valence electrons. The van der Waals surface area contributed by atoms with Gasteiger partial charge in [0.25, 0.3) is 0 Å². The molecule has 29 heavy (non-hydrogen) atoms. The largest absolute Gasteiger partial charge is 0.435 e. The second kappa shape index (κ2) is 8.52. The average molecular weight is 401 g/mol. The van der Waals surface area contributed by atoms with Crippen LogP contribution in [0.3, 0.4) is 0 Å². The molecule has 0 bridgehead atoms. The molecule has 3 aromatic rings. The van der Waals surface area contributed by atoms with Crippen molar-refractivity contribution in [3.8, 4) is 17.0 Å². The summed E-state index contributed by atoms with van der Waals surface area (Å²) in [4.78, 5) is 8.85. The Morgan fingerprint density at radius 1 is 1.21 bits per heavy atom. The number of pyridine rings is 2. The van der Waals surface area contributed by atoms with Crippen LogP contribution in [-0.2, 0) is 11.8 Å². The highest BCUT2D eigenvalue weighted by Crippen LogP contribution is 2.32. The quantitative estimate of drug-likeness (QED) is 0.670. The monoisotopic (exact) mass is 401 g/mol. The van der Waals surface area contributed by atoms with Gasteiger partial charge in [0.2, 0.25) is 0 Å². The lowest BCUT2D eigenvalue weighted by Gasteiger charge is -2.23. The van der Waals surface area contributed by atoms with Gasteiger partial charge in [-0.2, -0.15) is 13.9 Å². The zero-order chi connectivity index (χ0) is 20.2. The van der Waals surface area contributed by atoms with E-state index in [0.717, 1.165) is 42.9 Å². The van der Waals surface area contributed by atoms with Crippen LogP contribution < -0.4 is 10.1 Å². The molecule has 0 amide bonds. The molecule has 1 saturated heterocycles. The molecule has 1 N–H and O–H groups in total. The molecule has 0 aliphatic carbocycles. The molecule has 1 aliphatic rings. The first-order valence-corrected chi connectivity index (χ1v) is 9.33. The third-order valence-corrected chi connectivity index (χ3v) is 4.75. The first-order chi connectivity index (χ1) is 14.1. The van der Waals surface area contributed by atoms with Crippen LogP contribution in [0.4, 0.5) is 20.4 Å². The smallest absolute Gasteiger partial charge is 0.387 e. The molecule has 0 atom stereocenters. The minimum Gasteiger partial charge on any atom is -0.435 e. The first-order valence-electron chi connectivity index (χ1n) is 9.33. The van der Waals surface area contributed by atoms with E-state index in [1.807, 2.05) is 19.3 Å². The summed E-state index contributed by atoms with van der Waals surface area (Å²) < 4.78 is 36.6. The van der Waals surface area contributed by atoms with E-state index in [0.29, 0.717) is 17.6 Å². The minimum absolute atomic E-state index is 0.0329. The van der Waals surface area contributed by atoms with Crippen molar-refractivity contribution in [1.82, 2.24) is 19.7 Å². The van der Waals surface area contributed by atoms with Gasteiger partial charge in [0.15, 0.2) is 0 Å². The van der Waals surface area contributed by atoms with E-state index >= 15 is 0 Å². The fraction of sp³-hybridized carbons (Fsp3) is 0.350. The normalized spacial score (nSPS) is 14.9. The van der Waals surface area contributed by atoms with Crippen molar-refractivity contribution in [3.05, 3.63) is 48.4 Å². The minimum atomic E-state index is -2.89. The molecule has 4 rings (SSSR count). The third-order valence-electron chi connectivity index (χ3n) is 4.75. The number of alkyl halides is 2. The summed E-state index contributed by atoms with van der Waals surface area (Å²) >= 11 is 0. The Labute approximate surface area is 166 Å². The van der Waals surface area contributed by atoms with Gasteiger partial charge < -0.3 is 14.8 Å². The number of ether oxygens (including phenoxy) is 2. The molecule has 0 aromatic carbocycles. The summed E-state index contributed by atoms with van der Waals surface area (Å²) in [7, 11) is 1.85. The van der Waals surface area contributed by atoms with Gasteiger partial charge in [0.05, 0.1) is 11.9 Å². The Balaban J connectivity index is 1.66. The maximum atomic E-state index is 12.5. The summed E-state index contributed by atoms with van der Waals surface area (Å²) in [5, 5.41) is 7.33. The van der Waals surface area contributed by atoms with Crippen molar-refractivity contribution in [3.63, 3.8) is 0 Å². The molecule has 7 nitrogen and oxygen atoms in total. The fourth-order valence-corrected chi connectivity index (χ4v) is 3.37. The molecule has 3 aromatic heterocycles. The van der Waals surface area contributed by atoms with Crippen LogP contribution in [0.15, 0.2) is 42.9 Å². The second-order valence-electron chi connectivity index (χ2n) is 6.84. The van der Waals surface area contributed by atoms with E-state index in [1.54, 1.807) is 10.9 Å². The first kappa shape index (κ1) is 19.3. The highest BCUT2D eigenvalue weighted by atomic mass is 19.3. The summed E-state index contributed by atoms with van der Waals surface area (Å²) in [5.41, 5.74) is 2.82. The number of nitrogens with one attached hydrogen (secondary N) is 1. The highest BCUT2D eigenvalue weighted by molar-refractivity contribution is 5.64. The maximum absolute atomic E-state index is 12.5. The van der Waals surface area contributed by atoms with Gasteiger partial charge in [-0.3, -0.25) is 4.68 Å². The fourth-order valence-electron chi connectivity index (χ4n) is 3.37. The summed E-state index contributed by atoms with van der Waals surface area (Å²) in [5.74, 6) is 1.35. The van der Waals surface area contributed by atoms with Gasteiger partial charge >= 0.3 is 6.61 Å². The number of halogens is 2. The maximum Gasteiger partial charge on any atom is 0.387 e. The number of aryl methyl sites for hydroxylation is 1. The van der Waals surface area contributed by atoms with E-state index in [-0.39, 0.29) is 5.75 Å². The van der Waals surface area contributed by atoms with E-state index in [9.17, 15) is 8.78 Å². The van der Waals surface area contributed by atoms with Crippen molar-refractivity contribution in [2.75, 3.05) is 18.5 Å². The highest BCUT2D eigenvalue weighted by Gasteiger charge is 2.19. The van der Waals surface area contributed by atoms with E-state index < -0.39 is 6.61 Å². The van der Waals surface area contributed by atoms with E-state index in [4.69, 9.17) is 4.74 Å². The molecular weight excluding hydrogens is 380 g/mol. The van der Waals surface area contributed by atoms with Crippen LogP contribution in [0.5, 0.6) is 5.75 Å². The van der Waals surface area contributed by atoms with Crippen molar-refractivity contribution in [1.29, 1.82) is 0 Å². The zero-order valence-electron chi connectivity index (χ0n) is 15.9. The Kier molecular flexibility index (Phi) is 5.66. The summed E-state index contributed by atoms with van der Waals surface area (Å²) in [6.45, 7) is -1.43. The lowest BCUT2D eigenvalue weighted by atomic mass is 9.91. The van der Waals surface area contributed by atoms with Gasteiger partial charge in [-0.25, -0.2) is 9.97 Å². The lowest BCUT2D eigenvalue weighted by molar-refractivity contribution is -0.0498. The van der Waals surface area contributed by atoms with E-state index in [1.165, 1.54) is 18.3 Å². The molecule has 0 unspecified atom stereocenters. The summed E-state index contributed by atoms with van der Waals surface area (Å²) in [6.07, 6.45) is 6.94. The van der Waals surface area contributed by atoms with Crippen LogP contribution in [0, 0.1) is 0 Å². The third kappa shape index (κ3) is 4.86. The lowest BCUT2D eigenvalue weighted by Crippen LogP contribution is -2.14. The molecule has 4 heterocycles. The topological polar surface area (TPSA) is 74.1 Å². The average Bonchev–Trinajstić information content (AvgIpc) is 3.15. The second-order valence-corrected chi connectivity index (χ2v) is 6.84. The number of rotatable bonds is 6. The molecule has 9 heteroatoms. The molecule has 1 fully saturated rings. The Hall–Kier alpha value is -3.07. The van der Waals surface area contributed by atoms with Gasteiger partial charge in [-0.15, -0.1) is 0 Å².